The van der Waals surface area contributed by atoms with Gasteiger partial charge in [-0.1, -0.05) is 24.3 Å². The number of aryl methyl sites for hydroxylation is 1. The fourth-order valence-electron chi connectivity index (χ4n) is 2.48. The van der Waals surface area contributed by atoms with Crippen LogP contribution < -0.4 is 5.32 Å². The average molecular weight is 343 g/mol. The van der Waals surface area contributed by atoms with Gasteiger partial charge in [-0.25, -0.2) is 0 Å². The minimum absolute atomic E-state index is 0. The molecule has 2 aliphatic carbocycles. The van der Waals surface area contributed by atoms with Gasteiger partial charge >= 0.3 is 17.1 Å². The van der Waals surface area contributed by atoms with E-state index in [0.717, 1.165) is 28.3 Å². The molecule has 1 aliphatic heterocycles. The first kappa shape index (κ1) is 18.3. The second kappa shape index (κ2) is 8.70. The van der Waals surface area contributed by atoms with E-state index in [1.165, 1.54) is 0 Å². The third-order valence-electron chi connectivity index (χ3n) is 3.60. The Morgan fingerprint density at radius 2 is 1.52 bits per heavy atom. The van der Waals surface area contributed by atoms with Crippen LogP contribution in [0.4, 0.5) is 5.69 Å². The monoisotopic (exact) mass is 343 g/mol. The van der Waals surface area contributed by atoms with Crippen molar-refractivity contribution in [2.24, 2.45) is 0 Å². The molecule has 0 atom stereocenters. The van der Waals surface area contributed by atoms with Gasteiger partial charge in [0.05, 0.1) is 5.69 Å². The van der Waals surface area contributed by atoms with E-state index in [-0.39, 0.29) is 23.0 Å². The first-order chi connectivity index (χ1) is 10.8. The van der Waals surface area contributed by atoms with Crippen LogP contribution in [-0.2, 0) is 21.9 Å². The van der Waals surface area contributed by atoms with Crippen molar-refractivity contribution in [3.05, 3.63) is 99.1 Å². The smallest absolute Gasteiger partial charge is 0.321 e. The molecular weight excluding hydrogens is 326 g/mol. The first-order valence-electron chi connectivity index (χ1n) is 7.27. The summed E-state index contributed by atoms with van der Waals surface area (Å²) in [7, 11) is 0. The molecule has 0 unspecified atom stereocenters. The van der Waals surface area contributed by atoms with Gasteiger partial charge in [0.2, 0.25) is 0 Å². The standard InChI is InChI=1S/C15H12NO.C5H5.Fe/c1-10-5-4-8-12-13(15(17)16-14(10)12)9-11-6-2-3-7-11;1-2-4-5-3-1;/h2-9H,1H3,(H,16,17);1-5H;/q;;+2/b13-9+;;. The maximum atomic E-state index is 11.9. The van der Waals surface area contributed by atoms with Gasteiger partial charge in [-0.15, -0.1) is 0 Å². The largest absolute Gasteiger partial charge is 2.00 e. The Hall–Kier alpha value is -1.05. The summed E-state index contributed by atoms with van der Waals surface area (Å²) >= 11 is 0. The van der Waals surface area contributed by atoms with Crippen molar-refractivity contribution in [2.45, 2.75) is 6.92 Å². The Morgan fingerprint density at radius 3 is 2.13 bits per heavy atom. The molecule has 1 aromatic carbocycles. The third kappa shape index (κ3) is 4.49. The summed E-state index contributed by atoms with van der Waals surface area (Å²) in [5, 5.41) is 2.92. The van der Waals surface area contributed by atoms with Gasteiger partial charge in [0.15, 0.2) is 0 Å². The molecular formula is C20H17FeNO+2. The number of hydrogen-bond donors (Lipinski definition) is 1. The van der Waals surface area contributed by atoms with E-state index in [4.69, 9.17) is 0 Å². The van der Waals surface area contributed by atoms with E-state index in [1.807, 2.05) is 89.0 Å². The predicted octanol–water partition coefficient (Wildman–Crippen LogP) is 3.75. The second-order valence-electron chi connectivity index (χ2n) is 5.19. The van der Waals surface area contributed by atoms with Crippen LogP contribution in [0.25, 0.3) is 5.57 Å². The molecule has 0 aromatic heterocycles. The molecule has 0 saturated heterocycles. The zero-order valence-electron chi connectivity index (χ0n) is 12.8. The Morgan fingerprint density at radius 1 is 0.913 bits per heavy atom. The van der Waals surface area contributed by atoms with Crippen molar-refractivity contribution in [1.82, 2.24) is 0 Å². The summed E-state index contributed by atoms with van der Waals surface area (Å²) in [6, 6.07) is 5.97. The van der Waals surface area contributed by atoms with Crippen LogP contribution in [0.5, 0.6) is 0 Å². The Bertz CT molecular complexity index is 561. The summed E-state index contributed by atoms with van der Waals surface area (Å²) in [5.41, 5.74) is 3.78. The number of carbonyl (C=O) groups excluding carboxylic acids is 1. The molecule has 2 nitrogen and oxygen atoms in total. The van der Waals surface area contributed by atoms with Gasteiger partial charge in [-0.3, -0.25) is 4.79 Å². The molecule has 0 spiro atoms. The molecule has 4 rings (SSSR count). The molecule has 2 saturated carbocycles. The van der Waals surface area contributed by atoms with Gasteiger partial charge in [0.1, 0.15) is 0 Å². The molecule has 10 radical (unpaired) electrons. The molecule has 23 heavy (non-hydrogen) atoms. The number of benzene rings is 1. The van der Waals surface area contributed by atoms with Crippen LogP contribution in [0.1, 0.15) is 11.1 Å². The second-order valence-corrected chi connectivity index (χ2v) is 5.19. The number of allylic oxidation sites excluding steroid dienone is 1. The van der Waals surface area contributed by atoms with Crippen LogP contribution in [-0.4, -0.2) is 5.91 Å². The van der Waals surface area contributed by atoms with Gasteiger partial charge in [-0.2, -0.15) is 0 Å². The number of fused-ring (bicyclic) bond motifs is 1. The van der Waals surface area contributed by atoms with Crippen LogP contribution in [0.3, 0.4) is 0 Å². The van der Waals surface area contributed by atoms with E-state index in [1.54, 1.807) is 0 Å². The van der Waals surface area contributed by atoms with Crippen LogP contribution in [0.15, 0.2) is 24.3 Å². The zero-order chi connectivity index (χ0) is 15.4. The fourth-order valence-corrected chi connectivity index (χ4v) is 2.48. The number of hydrogen-bond acceptors (Lipinski definition) is 1. The first-order valence-corrected chi connectivity index (χ1v) is 7.27. The van der Waals surface area contributed by atoms with Gasteiger partial charge in [0, 0.05) is 17.1 Å². The Balaban J connectivity index is 0.000000276. The van der Waals surface area contributed by atoms with Crippen molar-refractivity contribution in [3.63, 3.8) is 0 Å². The maximum Gasteiger partial charge on any atom is 2.00 e. The fraction of sp³-hybridized carbons (Fsp3) is 0.0500. The predicted molar refractivity (Wildman–Crippen MR) is 89.7 cm³/mol. The van der Waals surface area contributed by atoms with E-state index in [0.29, 0.717) is 0 Å². The van der Waals surface area contributed by atoms with Crippen molar-refractivity contribution in [3.8, 4) is 0 Å². The number of anilines is 1. The number of para-hydroxylation sites is 1. The van der Waals surface area contributed by atoms with Crippen LogP contribution in [0, 0.1) is 70.6 Å². The molecule has 2 fully saturated rings. The summed E-state index contributed by atoms with van der Waals surface area (Å²) in [6.45, 7) is 2.00. The van der Waals surface area contributed by atoms with E-state index < -0.39 is 0 Å². The quantitative estimate of drug-likeness (QED) is 0.611. The van der Waals surface area contributed by atoms with E-state index >= 15 is 0 Å². The molecule has 1 N–H and O–H groups in total. The number of amides is 1. The molecule has 1 amide bonds. The summed E-state index contributed by atoms with van der Waals surface area (Å²) in [4.78, 5) is 11.9. The molecule has 1 heterocycles. The van der Waals surface area contributed by atoms with E-state index in [9.17, 15) is 4.79 Å². The number of nitrogens with one attached hydrogen (secondary N) is 1. The minimum atomic E-state index is -0.0181. The number of rotatable bonds is 1. The minimum Gasteiger partial charge on any atom is -0.321 e. The molecule has 3 aliphatic rings. The summed E-state index contributed by atoms with van der Waals surface area (Å²) in [6.07, 6.45) is 19.9. The van der Waals surface area contributed by atoms with Crippen molar-refractivity contribution >= 4 is 17.2 Å². The SMILES string of the molecule is Cc1cccc2c1NC(=O)/C2=C/[C]1[CH][CH][CH][CH]1.[CH]1[CH][CH][CH][CH]1.[Fe+2]. The maximum absolute atomic E-state index is 11.9. The molecule has 114 valence electrons. The average Bonchev–Trinajstić information content (AvgIpc) is 3.26. The summed E-state index contributed by atoms with van der Waals surface area (Å²) < 4.78 is 0. The van der Waals surface area contributed by atoms with Crippen LogP contribution in [0.2, 0.25) is 0 Å². The third-order valence-corrected chi connectivity index (χ3v) is 3.60. The van der Waals surface area contributed by atoms with Crippen LogP contribution >= 0.6 is 0 Å². The summed E-state index contributed by atoms with van der Waals surface area (Å²) in [5.74, 6) is 1.04. The molecule has 1 aromatic rings. The van der Waals surface area contributed by atoms with Crippen molar-refractivity contribution in [1.29, 1.82) is 0 Å². The molecule has 0 bridgehead atoms. The number of carbonyl (C=O) groups is 1. The topological polar surface area (TPSA) is 29.1 Å². The zero-order valence-corrected chi connectivity index (χ0v) is 13.9. The van der Waals surface area contributed by atoms with Crippen molar-refractivity contribution in [2.75, 3.05) is 5.32 Å². The van der Waals surface area contributed by atoms with Gasteiger partial charge < -0.3 is 5.32 Å². The van der Waals surface area contributed by atoms with Gasteiger partial charge in [-0.05, 0) is 70.3 Å². The normalized spacial score (nSPS) is 21.4. The molecule has 3 heteroatoms. The Labute approximate surface area is 150 Å². The van der Waals surface area contributed by atoms with Crippen molar-refractivity contribution < 1.29 is 21.9 Å². The Kier molecular flexibility index (Phi) is 6.92. The van der Waals surface area contributed by atoms with E-state index in [2.05, 4.69) is 5.32 Å². The van der Waals surface area contributed by atoms with Gasteiger partial charge in [0.25, 0.3) is 5.91 Å².